The Morgan fingerprint density at radius 1 is 0.216 bits per heavy atom. The predicted molar refractivity (Wildman–Crippen MR) is 410 cm³/mol. The number of hydrogen-bond acceptors (Lipinski definition) is 2. The zero-order valence-corrected chi connectivity index (χ0v) is 52.1. The van der Waals surface area contributed by atoms with Crippen LogP contribution >= 0.6 is 0 Å². The number of hydrogen-bond donors (Lipinski definition) is 0. The number of rotatable bonds is 8. The van der Waals surface area contributed by atoms with Gasteiger partial charge in [0.2, 0.25) is 0 Å². The topological polar surface area (TPSA) is 31.2 Å². The SMILES string of the molecule is [2H]c1c([2H])c([2H])c(-c2c3ccccc3c(-c3ccc(-c4ccc5oc6ccccc6c5c4-c4ccc5c6ccccc6n(-c6ccccc6)c5c4)cc3)c3ccccc23)c([2H])c1[2H].[2H]c1c([2H])c([2H])c(-c2c3ccccc3c(-c3cccc(-c4cccc5oc6ccccc6c45)c3)c3ccccc23)c([2H])c1[2H]. The summed E-state index contributed by atoms with van der Waals surface area (Å²) in [6.07, 6.45) is 0. The highest BCUT2D eigenvalue weighted by Crippen LogP contribution is 2.49. The van der Waals surface area contributed by atoms with Crippen molar-refractivity contribution in [3.8, 4) is 83.6 Å². The van der Waals surface area contributed by atoms with Gasteiger partial charge >= 0.3 is 0 Å². The molecule has 20 rings (SSSR count). The molecule has 3 heteroatoms. The Kier molecular flexibility index (Phi) is 11.0. The van der Waals surface area contributed by atoms with Crippen molar-refractivity contribution < 1.29 is 22.5 Å². The van der Waals surface area contributed by atoms with Gasteiger partial charge in [0, 0.05) is 43.6 Å². The normalized spacial score (nSPS) is 13.2. The maximum atomic E-state index is 8.95. The number of aromatic nitrogens is 1. The van der Waals surface area contributed by atoms with Gasteiger partial charge in [0.25, 0.3) is 0 Å². The van der Waals surface area contributed by atoms with Crippen molar-refractivity contribution in [1.29, 1.82) is 0 Å². The summed E-state index contributed by atoms with van der Waals surface area (Å²) in [5, 5.41) is 13.7. The van der Waals surface area contributed by atoms with E-state index in [1.54, 1.807) is 0 Å². The summed E-state index contributed by atoms with van der Waals surface area (Å²) in [5.41, 5.74) is 18.9. The second kappa shape index (κ2) is 23.0. The van der Waals surface area contributed by atoms with E-state index in [2.05, 4.69) is 174 Å². The van der Waals surface area contributed by atoms with Gasteiger partial charge in [0.15, 0.2) is 0 Å². The van der Waals surface area contributed by atoms with Gasteiger partial charge in [0.05, 0.1) is 24.7 Å². The highest BCUT2D eigenvalue weighted by Gasteiger charge is 2.23. The molecule has 0 bridgehead atoms. The molecule has 0 unspecified atom stereocenters. The van der Waals surface area contributed by atoms with Crippen molar-refractivity contribution in [3.05, 3.63) is 358 Å². The lowest BCUT2D eigenvalue weighted by molar-refractivity contribution is 0.668. The van der Waals surface area contributed by atoms with Crippen LogP contribution in [-0.2, 0) is 0 Å². The Hall–Kier alpha value is -12.8. The van der Waals surface area contributed by atoms with Gasteiger partial charge in [0.1, 0.15) is 22.3 Å². The molecule has 0 saturated heterocycles. The van der Waals surface area contributed by atoms with Crippen molar-refractivity contribution in [2.45, 2.75) is 0 Å². The molecule has 3 nitrogen and oxygen atoms in total. The molecule has 0 saturated carbocycles. The van der Waals surface area contributed by atoms with Crippen molar-refractivity contribution in [1.82, 2.24) is 4.57 Å². The highest BCUT2D eigenvalue weighted by molar-refractivity contribution is 6.24. The van der Waals surface area contributed by atoms with Crippen LogP contribution in [0.3, 0.4) is 0 Å². The van der Waals surface area contributed by atoms with Gasteiger partial charge < -0.3 is 13.4 Å². The van der Waals surface area contributed by atoms with E-state index in [0.29, 0.717) is 11.1 Å². The monoisotopic (exact) mass is 1240 g/mol. The third-order valence-electron chi connectivity index (χ3n) is 19.2. The molecule has 0 N–H and O–H groups in total. The molecule has 0 radical (unpaired) electrons. The van der Waals surface area contributed by atoms with Crippen LogP contribution < -0.4 is 0 Å². The first-order chi connectivity index (χ1) is 52.3. The molecular weight excluding hydrogens is 1180 g/mol. The van der Waals surface area contributed by atoms with Gasteiger partial charge in [-0.3, -0.25) is 0 Å². The number of nitrogens with zero attached hydrogens (tertiary/aromatic N) is 1. The fraction of sp³-hybridized carbons (Fsp3) is 0. The van der Waals surface area contributed by atoms with E-state index in [-0.39, 0.29) is 59.5 Å². The number of benzene rings is 17. The molecule has 0 fully saturated rings. The van der Waals surface area contributed by atoms with Crippen LogP contribution in [0.15, 0.2) is 367 Å². The van der Waals surface area contributed by atoms with Crippen LogP contribution in [0.25, 0.3) is 192 Å². The molecule has 97 heavy (non-hydrogen) atoms. The Labute approximate surface area is 574 Å². The molecule has 0 aliphatic heterocycles. The minimum atomic E-state index is -0.404. The quantitative estimate of drug-likeness (QED) is 0.142. The minimum Gasteiger partial charge on any atom is -0.456 e. The third-order valence-corrected chi connectivity index (χ3v) is 19.2. The zero-order valence-electron chi connectivity index (χ0n) is 62.1. The molecule has 17 aromatic carbocycles. The fourth-order valence-electron chi connectivity index (χ4n) is 15.2. The maximum absolute atomic E-state index is 8.95. The largest absolute Gasteiger partial charge is 0.456 e. The smallest absolute Gasteiger partial charge is 0.136 e. The van der Waals surface area contributed by atoms with Crippen LogP contribution in [0.2, 0.25) is 0 Å². The van der Waals surface area contributed by atoms with Crippen molar-refractivity contribution in [2.75, 3.05) is 0 Å². The van der Waals surface area contributed by atoms with E-state index >= 15 is 0 Å². The van der Waals surface area contributed by atoms with Crippen molar-refractivity contribution in [2.24, 2.45) is 0 Å². The molecular formula is C94H59NO2. The molecule has 0 aliphatic rings. The first-order valence-corrected chi connectivity index (χ1v) is 32.5. The minimum absolute atomic E-state index is 0.201. The summed E-state index contributed by atoms with van der Waals surface area (Å²) in [6, 6.07) is 98.7. The molecule has 0 spiro atoms. The molecule has 3 heterocycles. The predicted octanol–water partition coefficient (Wildman–Crippen LogP) is 26.6. The molecule has 452 valence electrons. The van der Waals surface area contributed by atoms with Crippen LogP contribution in [0.4, 0.5) is 0 Å². The van der Waals surface area contributed by atoms with Gasteiger partial charge in [-0.25, -0.2) is 0 Å². The average Bonchev–Trinajstić information content (AvgIpc) is 1.43. The second-order valence-electron chi connectivity index (χ2n) is 24.5. The van der Waals surface area contributed by atoms with Crippen LogP contribution in [0.1, 0.15) is 13.7 Å². The third kappa shape index (κ3) is 9.19. The molecule has 0 atom stereocenters. The Bertz CT molecular complexity index is 6970. The maximum Gasteiger partial charge on any atom is 0.136 e. The molecule has 3 aromatic heterocycles. The molecule has 20 aromatic rings. The molecule has 0 amide bonds. The van der Waals surface area contributed by atoms with E-state index in [1.165, 1.54) is 10.8 Å². The van der Waals surface area contributed by atoms with Gasteiger partial charge in [-0.1, -0.05) is 303 Å². The van der Waals surface area contributed by atoms with Gasteiger partial charge in [-0.05, 0) is 170 Å². The number of para-hydroxylation sites is 4. The van der Waals surface area contributed by atoms with Crippen molar-refractivity contribution in [3.63, 3.8) is 0 Å². The number of fused-ring (bicyclic) bond motifs is 13. The first-order valence-electron chi connectivity index (χ1n) is 37.5. The summed E-state index contributed by atoms with van der Waals surface area (Å²) in [7, 11) is 0. The van der Waals surface area contributed by atoms with E-state index < -0.39 is 12.1 Å². The summed E-state index contributed by atoms with van der Waals surface area (Å²) in [6.45, 7) is 0. The first kappa shape index (κ1) is 46.3. The lowest BCUT2D eigenvalue weighted by atomic mass is 9.85. The number of furan rings is 2. The lowest BCUT2D eigenvalue weighted by Gasteiger charge is -2.18. The lowest BCUT2D eigenvalue weighted by Crippen LogP contribution is -1.94. The second-order valence-corrected chi connectivity index (χ2v) is 24.5. The van der Waals surface area contributed by atoms with Gasteiger partial charge in [-0.15, -0.1) is 0 Å². The van der Waals surface area contributed by atoms with Crippen LogP contribution in [0.5, 0.6) is 0 Å². The highest BCUT2D eigenvalue weighted by atomic mass is 16.3. The summed E-state index contributed by atoms with van der Waals surface area (Å²) < 4.78 is 101. The summed E-state index contributed by atoms with van der Waals surface area (Å²) in [4.78, 5) is 0. The van der Waals surface area contributed by atoms with Crippen LogP contribution in [0, 0.1) is 0 Å². The van der Waals surface area contributed by atoms with E-state index in [1.807, 2.05) is 127 Å². The Morgan fingerprint density at radius 3 is 1.19 bits per heavy atom. The van der Waals surface area contributed by atoms with Crippen molar-refractivity contribution >= 4 is 109 Å². The average molecular weight is 1240 g/mol. The fourth-order valence-corrected chi connectivity index (χ4v) is 15.2. The zero-order chi connectivity index (χ0) is 72.6. The molecule has 0 aliphatic carbocycles. The Balaban J connectivity index is 0.000000156. The van der Waals surface area contributed by atoms with Gasteiger partial charge in [-0.2, -0.15) is 0 Å². The standard InChI is InChI=1S/C56H35NO.C38H24O/c1-3-15-37(16-4-1)53-44-20-7-9-22-46(44)54(47-23-10-8-21-45(47)53)38-29-27-36(28-30-38)41-33-34-52-56(48-24-12-14-26-51(48)58-52)55(41)39-31-32-43-42-19-11-13-25-49(42)57(50(43)35-39)40-17-5-2-6-18-40;1-2-12-25(13-3-1)36-29-16-4-6-18-31(29)37(32-19-7-5-17-30(32)36)27-15-10-14-26(24-27)28-21-11-23-35-38(28)33-20-8-9-22-34(33)39-35/h1-35H;1-24H/i1D,3D,4D,15D,16D;1D,2D,3D,12D,13D. The Morgan fingerprint density at radius 2 is 0.619 bits per heavy atom. The van der Waals surface area contributed by atoms with E-state index in [0.717, 1.165) is 159 Å². The summed E-state index contributed by atoms with van der Waals surface area (Å²) >= 11 is 0. The van der Waals surface area contributed by atoms with Crippen LogP contribution in [-0.4, -0.2) is 4.57 Å². The van der Waals surface area contributed by atoms with E-state index in [9.17, 15) is 0 Å². The van der Waals surface area contributed by atoms with E-state index in [4.69, 9.17) is 22.5 Å². The summed E-state index contributed by atoms with van der Waals surface area (Å²) in [5.74, 6) is 0.